The Morgan fingerprint density at radius 1 is 1.33 bits per heavy atom. The van der Waals surface area contributed by atoms with Crippen LogP contribution in [0.25, 0.3) is 0 Å². The van der Waals surface area contributed by atoms with Gasteiger partial charge in [-0.1, -0.05) is 24.8 Å². The molecule has 2 aliphatic carbocycles. The highest BCUT2D eigenvalue weighted by atomic mass is 28.3. The van der Waals surface area contributed by atoms with Gasteiger partial charge in [0.15, 0.2) is 5.78 Å². The number of nitrogens with zero attached hydrogens (tertiary/aromatic N) is 1. The zero-order valence-corrected chi connectivity index (χ0v) is 13.4. The van der Waals surface area contributed by atoms with Gasteiger partial charge in [-0.05, 0) is 39.9 Å². The molecule has 1 saturated carbocycles. The van der Waals surface area contributed by atoms with Gasteiger partial charge in [0.1, 0.15) is 0 Å². The first-order chi connectivity index (χ1) is 8.03. The van der Waals surface area contributed by atoms with Crippen molar-refractivity contribution in [1.82, 2.24) is 4.90 Å². The number of hydrogen-bond donors (Lipinski definition) is 1. The number of carbonyl (C=O) groups excluding carboxylic acids is 1. The number of rotatable bonds is 2. The molecular formula is C14H25NO2Si. The maximum atomic E-state index is 12.4. The molecule has 2 aliphatic rings. The van der Waals surface area contributed by atoms with Crippen LogP contribution in [0.3, 0.4) is 0 Å². The topological polar surface area (TPSA) is 40.5 Å². The van der Waals surface area contributed by atoms with Gasteiger partial charge in [-0.2, -0.15) is 0 Å². The van der Waals surface area contributed by atoms with E-state index in [0.717, 1.165) is 6.42 Å². The summed E-state index contributed by atoms with van der Waals surface area (Å²) in [7, 11) is 2.52. The molecule has 18 heavy (non-hydrogen) atoms. The molecule has 0 radical (unpaired) electrons. The summed E-state index contributed by atoms with van der Waals surface area (Å²) >= 11 is 0. The normalized spacial score (nSPS) is 40.3. The smallest absolute Gasteiger partial charge is 0.163 e. The minimum atomic E-state index is -1.56. The van der Waals surface area contributed by atoms with Crippen molar-refractivity contribution < 1.29 is 9.90 Å². The summed E-state index contributed by atoms with van der Waals surface area (Å²) in [6, 6.07) is 0. The zero-order valence-electron chi connectivity index (χ0n) is 12.4. The number of ketones is 1. The monoisotopic (exact) mass is 267 g/mol. The number of allylic oxidation sites excluding steroid dienone is 1. The van der Waals surface area contributed by atoms with Gasteiger partial charge in [-0.25, -0.2) is 0 Å². The van der Waals surface area contributed by atoms with E-state index in [0.29, 0.717) is 6.42 Å². The van der Waals surface area contributed by atoms with E-state index in [-0.39, 0.29) is 17.2 Å². The fourth-order valence-electron chi connectivity index (χ4n) is 4.02. The molecule has 2 rings (SSSR count). The van der Waals surface area contributed by atoms with Crippen molar-refractivity contribution >= 4 is 13.9 Å². The van der Waals surface area contributed by atoms with Crippen molar-refractivity contribution in [1.29, 1.82) is 0 Å². The van der Waals surface area contributed by atoms with Gasteiger partial charge in [0.25, 0.3) is 0 Å². The third-order valence-corrected chi connectivity index (χ3v) is 6.95. The van der Waals surface area contributed by atoms with Crippen LogP contribution in [-0.2, 0) is 4.79 Å². The quantitative estimate of drug-likeness (QED) is 0.776. The molecule has 0 aromatic carbocycles. The van der Waals surface area contributed by atoms with Crippen molar-refractivity contribution in [2.24, 2.45) is 5.92 Å². The molecule has 0 spiro atoms. The van der Waals surface area contributed by atoms with E-state index >= 15 is 0 Å². The third-order valence-electron chi connectivity index (χ3n) is 4.76. The van der Waals surface area contributed by atoms with Crippen molar-refractivity contribution in [3.05, 3.63) is 11.3 Å². The molecule has 102 valence electrons. The summed E-state index contributed by atoms with van der Waals surface area (Å²) in [5.41, 5.74) is -1.09. The summed E-state index contributed by atoms with van der Waals surface area (Å²) in [6.45, 7) is 8.67. The van der Waals surface area contributed by atoms with Gasteiger partial charge in [0.2, 0.25) is 0 Å². The van der Waals surface area contributed by atoms with Crippen LogP contribution >= 0.6 is 0 Å². The maximum absolute atomic E-state index is 12.4. The van der Waals surface area contributed by atoms with Crippen molar-refractivity contribution in [3.63, 3.8) is 0 Å². The average Bonchev–Trinajstić information content (AvgIpc) is 2.63. The Kier molecular flexibility index (Phi) is 2.93. The fourth-order valence-corrected chi connectivity index (χ4v) is 6.38. The molecule has 0 heterocycles. The average molecular weight is 267 g/mol. The first-order valence-electron chi connectivity index (χ1n) is 6.70. The van der Waals surface area contributed by atoms with E-state index < -0.39 is 13.7 Å². The Bertz CT molecular complexity index is 420. The molecule has 3 nitrogen and oxygen atoms in total. The predicted octanol–water partition coefficient (Wildman–Crippen LogP) is 1.83. The second kappa shape index (κ2) is 3.78. The summed E-state index contributed by atoms with van der Waals surface area (Å²) in [5, 5.41) is 11.9. The Balaban J connectivity index is 2.60. The van der Waals surface area contributed by atoms with Gasteiger partial charge in [0, 0.05) is 0 Å². The van der Waals surface area contributed by atoms with Gasteiger partial charge >= 0.3 is 0 Å². The third kappa shape index (κ3) is 1.66. The SMILES string of the molecule is CN(C)[C@@]12CC[C@](C)(O)C1C(=O)C=C2[Si](C)(C)C. The molecule has 0 aromatic rings. The lowest BCUT2D eigenvalue weighted by Gasteiger charge is -2.44. The fraction of sp³-hybridized carbons (Fsp3) is 0.786. The Labute approximate surface area is 111 Å². The lowest BCUT2D eigenvalue weighted by Crippen LogP contribution is -2.56. The number of carbonyl (C=O) groups is 1. The Hall–Kier alpha value is -0.453. The predicted molar refractivity (Wildman–Crippen MR) is 76.2 cm³/mol. The Morgan fingerprint density at radius 3 is 2.33 bits per heavy atom. The largest absolute Gasteiger partial charge is 0.389 e. The summed E-state index contributed by atoms with van der Waals surface area (Å²) in [4.78, 5) is 14.6. The van der Waals surface area contributed by atoms with Crippen molar-refractivity contribution in [2.45, 2.75) is 50.5 Å². The van der Waals surface area contributed by atoms with Gasteiger partial charge in [-0.15, -0.1) is 0 Å². The summed E-state index contributed by atoms with van der Waals surface area (Å²) in [6.07, 6.45) is 3.45. The molecule has 1 fully saturated rings. The molecule has 0 aromatic heterocycles. The van der Waals surface area contributed by atoms with Crippen LogP contribution in [0.2, 0.25) is 19.6 Å². The molecule has 0 aliphatic heterocycles. The highest BCUT2D eigenvalue weighted by Crippen LogP contribution is 2.55. The summed E-state index contributed by atoms with van der Waals surface area (Å²) in [5.74, 6) is -0.148. The van der Waals surface area contributed by atoms with Gasteiger partial charge in [-0.3, -0.25) is 9.69 Å². The minimum absolute atomic E-state index is 0.128. The highest BCUT2D eigenvalue weighted by Gasteiger charge is 2.64. The first-order valence-corrected chi connectivity index (χ1v) is 10.2. The molecule has 3 atom stereocenters. The van der Waals surface area contributed by atoms with Crippen LogP contribution in [0.1, 0.15) is 19.8 Å². The van der Waals surface area contributed by atoms with Gasteiger partial charge in [0.05, 0.1) is 25.1 Å². The van der Waals surface area contributed by atoms with Gasteiger partial charge < -0.3 is 5.11 Å². The lowest BCUT2D eigenvalue weighted by molar-refractivity contribution is -0.127. The lowest BCUT2D eigenvalue weighted by atomic mass is 9.82. The van der Waals surface area contributed by atoms with Crippen LogP contribution < -0.4 is 0 Å². The molecule has 0 saturated heterocycles. The van der Waals surface area contributed by atoms with E-state index in [9.17, 15) is 9.90 Å². The van der Waals surface area contributed by atoms with E-state index in [2.05, 4.69) is 24.5 Å². The molecule has 0 bridgehead atoms. The van der Waals surface area contributed by atoms with E-state index in [4.69, 9.17) is 0 Å². The Morgan fingerprint density at radius 2 is 1.89 bits per heavy atom. The second-order valence-electron chi connectivity index (χ2n) is 7.32. The molecule has 4 heteroatoms. The van der Waals surface area contributed by atoms with Crippen LogP contribution in [0.4, 0.5) is 0 Å². The standard InChI is InChI=1S/C14H25NO2Si/c1-13(17)7-8-14(15(2)3)11(18(4,5)6)9-10(16)12(13)14/h9,12,17H,7-8H2,1-6H3/t12?,13-,14+/m0/s1. The van der Waals surface area contributed by atoms with Crippen LogP contribution in [-0.4, -0.2) is 49.1 Å². The van der Waals surface area contributed by atoms with E-state index in [1.54, 1.807) is 0 Å². The molecular weight excluding hydrogens is 242 g/mol. The van der Waals surface area contributed by atoms with Crippen molar-refractivity contribution in [3.8, 4) is 0 Å². The number of likely N-dealkylation sites (N-methyl/N-ethyl adjacent to an activating group) is 1. The molecule has 0 amide bonds. The second-order valence-corrected chi connectivity index (χ2v) is 12.4. The first kappa shape index (κ1) is 14.0. The van der Waals surface area contributed by atoms with Crippen molar-refractivity contribution in [2.75, 3.05) is 14.1 Å². The maximum Gasteiger partial charge on any atom is 0.163 e. The van der Waals surface area contributed by atoms with Crippen LogP contribution in [0, 0.1) is 5.92 Å². The molecule has 1 unspecified atom stereocenters. The number of aliphatic hydroxyl groups is 1. The highest BCUT2D eigenvalue weighted by molar-refractivity contribution is 6.84. The van der Waals surface area contributed by atoms with E-state index in [1.165, 1.54) is 5.20 Å². The summed E-state index contributed by atoms with van der Waals surface area (Å²) < 4.78 is 0. The minimum Gasteiger partial charge on any atom is -0.389 e. The number of fused-ring (bicyclic) bond motifs is 1. The van der Waals surface area contributed by atoms with Crippen LogP contribution in [0.5, 0.6) is 0 Å². The van der Waals surface area contributed by atoms with E-state index in [1.807, 2.05) is 27.1 Å². The zero-order chi connectivity index (χ0) is 13.9. The van der Waals surface area contributed by atoms with Crippen LogP contribution in [0.15, 0.2) is 11.3 Å². The number of hydrogen-bond acceptors (Lipinski definition) is 3. The molecule has 1 N–H and O–H groups in total.